The van der Waals surface area contributed by atoms with Crippen LogP contribution in [0.5, 0.6) is 11.5 Å². The molecule has 2 amide bonds. The first kappa shape index (κ1) is 24.0. The van der Waals surface area contributed by atoms with Gasteiger partial charge in [-0.25, -0.2) is 9.87 Å². The molecule has 0 radical (unpaired) electrons. The van der Waals surface area contributed by atoms with Gasteiger partial charge in [-0.1, -0.05) is 24.3 Å². The molecular weight excluding hydrogens is 451 g/mol. The summed E-state index contributed by atoms with van der Waals surface area (Å²) in [5, 5.41) is 8.95. The van der Waals surface area contributed by atoms with E-state index in [9.17, 15) is 14.0 Å². The highest BCUT2D eigenvalue weighted by atomic mass is 19.1. The van der Waals surface area contributed by atoms with Gasteiger partial charge in [-0.05, 0) is 71.1 Å². The van der Waals surface area contributed by atoms with Gasteiger partial charge < -0.3 is 14.4 Å². The first-order chi connectivity index (χ1) is 16.9. The van der Waals surface area contributed by atoms with E-state index in [0.717, 1.165) is 11.1 Å². The number of carbonyl (C=O) groups excluding carboxylic acids is 2. The molecule has 0 spiro atoms. The number of fused-ring (bicyclic) bond motifs is 1. The molecule has 0 saturated carbocycles. The molecule has 1 heterocycles. The molecule has 0 aliphatic carbocycles. The van der Waals surface area contributed by atoms with Crippen molar-refractivity contribution in [2.75, 3.05) is 20.8 Å². The van der Waals surface area contributed by atoms with Crippen LogP contribution in [0.2, 0.25) is 0 Å². The molecular formula is C27H25FN2O5. The Kier molecular flexibility index (Phi) is 7.12. The zero-order valence-electron chi connectivity index (χ0n) is 19.4. The molecule has 1 aliphatic heterocycles. The van der Waals surface area contributed by atoms with Crippen molar-refractivity contribution in [1.29, 1.82) is 0 Å². The molecule has 0 fully saturated rings. The lowest BCUT2D eigenvalue weighted by atomic mass is 9.95. The van der Waals surface area contributed by atoms with Crippen LogP contribution in [0, 0.1) is 5.82 Å². The van der Waals surface area contributed by atoms with Crippen molar-refractivity contribution in [1.82, 2.24) is 10.4 Å². The summed E-state index contributed by atoms with van der Waals surface area (Å²) >= 11 is 0. The predicted molar refractivity (Wildman–Crippen MR) is 129 cm³/mol. The Morgan fingerprint density at radius 2 is 1.74 bits per heavy atom. The third kappa shape index (κ3) is 5.17. The van der Waals surface area contributed by atoms with Crippen LogP contribution in [-0.2, 0) is 17.8 Å². The van der Waals surface area contributed by atoms with Crippen molar-refractivity contribution in [3.8, 4) is 11.5 Å². The Bertz CT molecular complexity index is 1300. The number of ether oxygens (including phenoxy) is 2. The third-order valence-electron chi connectivity index (χ3n) is 5.95. The van der Waals surface area contributed by atoms with Crippen LogP contribution in [0.3, 0.4) is 0 Å². The van der Waals surface area contributed by atoms with Crippen LogP contribution in [-0.4, -0.2) is 42.7 Å². The van der Waals surface area contributed by atoms with E-state index >= 15 is 0 Å². The molecule has 0 saturated heterocycles. The minimum atomic E-state index is -0.617. The number of methoxy groups -OCH3 is 2. The first-order valence-electron chi connectivity index (χ1n) is 11.0. The predicted octanol–water partition coefficient (Wildman–Crippen LogP) is 4.09. The number of carbonyl (C=O) groups is 2. The number of benzene rings is 3. The van der Waals surface area contributed by atoms with Gasteiger partial charge in [0.1, 0.15) is 5.82 Å². The molecule has 3 aromatic carbocycles. The summed E-state index contributed by atoms with van der Waals surface area (Å²) < 4.78 is 24.6. The minimum Gasteiger partial charge on any atom is -0.493 e. The summed E-state index contributed by atoms with van der Waals surface area (Å²) in [7, 11) is 3.05. The smallest absolute Gasteiger partial charge is 0.274 e. The maximum absolute atomic E-state index is 13.9. The molecule has 0 bridgehead atoms. The van der Waals surface area contributed by atoms with Gasteiger partial charge in [0.05, 0.1) is 14.2 Å². The average molecular weight is 477 g/mol. The second-order valence-corrected chi connectivity index (χ2v) is 8.08. The van der Waals surface area contributed by atoms with E-state index in [4.69, 9.17) is 14.7 Å². The van der Waals surface area contributed by atoms with Gasteiger partial charge in [-0.15, -0.1) is 0 Å². The number of hydrogen-bond donors (Lipinski definition) is 2. The summed E-state index contributed by atoms with van der Waals surface area (Å²) in [5.74, 6) is -0.279. The average Bonchev–Trinajstić information content (AvgIpc) is 2.89. The SMILES string of the molecule is COc1ccc(C(=Cc2cccc(F)c2)C(=O)N2CCc3ccc(C(=O)NO)cc3C2)cc1OC. The van der Waals surface area contributed by atoms with Crippen molar-refractivity contribution >= 4 is 23.5 Å². The summed E-state index contributed by atoms with van der Waals surface area (Å²) in [6.07, 6.45) is 2.26. The molecule has 35 heavy (non-hydrogen) atoms. The van der Waals surface area contributed by atoms with E-state index in [-0.39, 0.29) is 12.5 Å². The highest BCUT2D eigenvalue weighted by Gasteiger charge is 2.25. The van der Waals surface area contributed by atoms with E-state index in [1.54, 1.807) is 58.9 Å². The zero-order valence-corrected chi connectivity index (χ0v) is 19.4. The standard InChI is InChI=1S/C27H25FN2O5/c1-34-24-9-8-19(15-25(24)35-2)23(13-17-4-3-5-22(28)12-17)27(32)30-11-10-18-6-7-20(26(31)29-33)14-21(18)16-30/h3-9,12-15,33H,10-11,16H2,1-2H3,(H,29,31). The van der Waals surface area contributed by atoms with Crippen molar-refractivity contribution in [2.45, 2.75) is 13.0 Å². The Balaban J connectivity index is 1.73. The summed E-state index contributed by atoms with van der Waals surface area (Å²) in [6, 6.07) is 16.3. The summed E-state index contributed by atoms with van der Waals surface area (Å²) in [5.41, 5.74) is 5.29. The van der Waals surface area contributed by atoms with E-state index in [0.29, 0.717) is 46.7 Å². The molecule has 0 aromatic heterocycles. The number of amides is 2. The van der Waals surface area contributed by atoms with E-state index < -0.39 is 11.7 Å². The van der Waals surface area contributed by atoms with Gasteiger partial charge in [-0.3, -0.25) is 14.8 Å². The second kappa shape index (κ2) is 10.4. The van der Waals surface area contributed by atoms with Crippen LogP contribution in [0.1, 0.15) is 32.6 Å². The third-order valence-corrected chi connectivity index (χ3v) is 5.95. The van der Waals surface area contributed by atoms with Crippen molar-refractivity contribution in [3.63, 3.8) is 0 Å². The Labute approximate surface area is 202 Å². The molecule has 7 nitrogen and oxygen atoms in total. The number of halogens is 1. The lowest BCUT2D eigenvalue weighted by Crippen LogP contribution is -2.36. The van der Waals surface area contributed by atoms with Crippen LogP contribution in [0.4, 0.5) is 4.39 Å². The van der Waals surface area contributed by atoms with Gasteiger partial charge in [0.25, 0.3) is 11.8 Å². The van der Waals surface area contributed by atoms with Gasteiger partial charge in [-0.2, -0.15) is 0 Å². The van der Waals surface area contributed by atoms with Crippen molar-refractivity contribution in [3.05, 3.63) is 94.3 Å². The van der Waals surface area contributed by atoms with E-state index in [1.807, 2.05) is 6.07 Å². The van der Waals surface area contributed by atoms with Crippen LogP contribution in [0.25, 0.3) is 11.6 Å². The monoisotopic (exact) mass is 476 g/mol. The number of hydrogen-bond acceptors (Lipinski definition) is 5. The summed E-state index contributed by atoms with van der Waals surface area (Å²) in [4.78, 5) is 27.3. The molecule has 1 aliphatic rings. The number of nitrogens with zero attached hydrogens (tertiary/aromatic N) is 1. The van der Waals surface area contributed by atoms with E-state index in [2.05, 4.69) is 0 Å². The maximum Gasteiger partial charge on any atom is 0.274 e. The molecule has 180 valence electrons. The van der Waals surface area contributed by atoms with Gasteiger partial charge in [0.15, 0.2) is 11.5 Å². The Morgan fingerprint density at radius 3 is 2.46 bits per heavy atom. The maximum atomic E-state index is 13.9. The normalized spacial score (nSPS) is 13.1. The lowest BCUT2D eigenvalue weighted by molar-refractivity contribution is -0.125. The summed E-state index contributed by atoms with van der Waals surface area (Å²) in [6.45, 7) is 0.764. The lowest BCUT2D eigenvalue weighted by Gasteiger charge is -2.30. The number of rotatable bonds is 6. The first-order valence-corrected chi connectivity index (χ1v) is 11.0. The molecule has 4 rings (SSSR count). The van der Waals surface area contributed by atoms with Crippen LogP contribution in [0.15, 0.2) is 60.7 Å². The van der Waals surface area contributed by atoms with Crippen LogP contribution < -0.4 is 15.0 Å². The minimum absolute atomic E-state index is 0.246. The Hall–Kier alpha value is -4.17. The highest BCUT2D eigenvalue weighted by Crippen LogP contribution is 2.33. The molecule has 0 unspecified atom stereocenters. The van der Waals surface area contributed by atoms with Crippen molar-refractivity contribution < 1.29 is 28.7 Å². The van der Waals surface area contributed by atoms with Gasteiger partial charge in [0.2, 0.25) is 0 Å². The fourth-order valence-electron chi connectivity index (χ4n) is 4.14. The second-order valence-electron chi connectivity index (χ2n) is 8.08. The quantitative estimate of drug-likeness (QED) is 0.242. The fraction of sp³-hybridized carbons (Fsp3) is 0.185. The largest absolute Gasteiger partial charge is 0.493 e. The molecule has 3 aromatic rings. The molecule has 0 atom stereocenters. The Morgan fingerprint density at radius 1 is 0.971 bits per heavy atom. The van der Waals surface area contributed by atoms with E-state index in [1.165, 1.54) is 26.4 Å². The van der Waals surface area contributed by atoms with Gasteiger partial charge in [0, 0.05) is 24.2 Å². The number of nitrogens with one attached hydrogen (secondary N) is 1. The highest BCUT2D eigenvalue weighted by molar-refractivity contribution is 6.24. The zero-order chi connectivity index (χ0) is 24.9. The molecule has 8 heteroatoms. The number of hydroxylamine groups is 1. The topological polar surface area (TPSA) is 88.1 Å². The fourth-order valence-corrected chi connectivity index (χ4v) is 4.14. The van der Waals surface area contributed by atoms with Crippen LogP contribution >= 0.6 is 0 Å². The van der Waals surface area contributed by atoms with Gasteiger partial charge >= 0.3 is 0 Å². The van der Waals surface area contributed by atoms with Crippen molar-refractivity contribution in [2.24, 2.45) is 0 Å². The molecule has 2 N–H and O–H groups in total.